The summed E-state index contributed by atoms with van der Waals surface area (Å²) in [6.07, 6.45) is 0.711. The number of hydrogen-bond acceptors (Lipinski definition) is 6. The Bertz CT molecular complexity index is 587. The number of hydrogen-bond donors (Lipinski definition) is 1. The second-order valence-corrected chi connectivity index (χ2v) is 5.24. The number of nitrogens with one attached hydrogen (secondary N) is 1. The zero-order chi connectivity index (χ0) is 18.3. The van der Waals surface area contributed by atoms with E-state index in [1.165, 1.54) is 28.4 Å². The van der Waals surface area contributed by atoms with Crippen LogP contribution in [0.4, 0.5) is 0 Å². The first-order valence-corrected chi connectivity index (χ1v) is 7.62. The van der Waals surface area contributed by atoms with Crippen LogP contribution in [0.3, 0.4) is 0 Å². The summed E-state index contributed by atoms with van der Waals surface area (Å²) in [6, 6.07) is 2.41. The van der Waals surface area contributed by atoms with E-state index < -0.39 is 17.9 Å². The van der Waals surface area contributed by atoms with Gasteiger partial charge in [-0.25, -0.2) is 4.79 Å². The molecular formula is C17H25NO6. The minimum Gasteiger partial charge on any atom is -0.493 e. The maximum atomic E-state index is 12.6. The molecule has 0 radical (unpaired) electrons. The smallest absolute Gasteiger partial charge is 0.328 e. The largest absolute Gasteiger partial charge is 0.493 e. The van der Waals surface area contributed by atoms with Crippen LogP contribution in [0.1, 0.15) is 30.6 Å². The Morgan fingerprint density at radius 1 is 1.04 bits per heavy atom. The molecule has 2 atom stereocenters. The van der Waals surface area contributed by atoms with Crippen molar-refractivity contribution in [3.05, 3.63) is 17.7 Å². The predicted octanol–water partition coefficient (Wildman–Crippen LogP) is 2.03. The fourth-order valence-corrected chi connectivity index (χ4v) is 2.30. The first-order chi connectivity index (χ1) is 11.4. The van der Waals surface area contributed by atoms with Crippen LogP contribution in [0, 0.1) is 5.92 Å². The van der Waals surface area contributed by atoms with E-state index >= 15 is 0 Å². The highest BCUT2D eigenvalue weighted by Gasteiger charge is 2.29. The maximum absolute atomic E-state index is 12.6. The van der Waals surface area contributed by atoms with Gasteiger partial charge >= 0.3 is 5.97 Å². The van der Waals surface area contributed by atoms with Crippen LogP contribution in [-0.4, -0.2) is 46.4 Å². The quantitative estimate of drug-likeness (QED) is 0.730. The number of methoxy groups -OCH3 is 4. The number of ether oxygens (including phenoxy) is 4. The third-order valence-electron chi connectivity index (χ3n) is 3.90. The van der Waals surface area contributed by atoms with E-state index in [1.807, 2.05) is 13.8 Å². The first kappa shape index (κ1) is 19.6. The van der Waals surface area contributed by atoms with Crippen molar-refractivity contribution in [2.45, 2.75) is 26.3 Å². The number of esters is 1. The van der Waals surface area contributed by atoms with Crippen molar-refractivity contribution in [3.63, 3.8) is 0 Å². The molecule has 1 N–H and O–H groups in total. The molecule has 0 saturated carbocycles. The van der Waals surface area contributed by atoms with Crippen LogP contribution in [0.2, 0.25) is 0 Å². The van der Waals surface area contributed by atoms with E-state index in [-0.39, 0.29) is 17.2 Å². The second-order valence-electron chi connectivity index (χ2n) is 5.24. The molecule has 0 saturated heterocycles. The fraction of sp³-hybridized carbons (Fsp3) is 0.529. The van der Waals surface area contributed by atoms with E-state index in [2.05, 4.69) is 5.32 Å². The van der Waals surface area contributed by atoms with Crippen molar-refractivity contribution in [1.29, 1.82) is 0 Å². The van der Waals surface area contributed by atoms with Gasteiger partial charge in [-0.05, 0) is 18.1 Å². The van der Waals surface area contributed by atoms with Crippen molar-refractivity contribution >= 4 is 11.9 Å². The van der Waals surface area contributed by atoms with Gasteiger partial charge in [-0.1, -0.05) is 20.3 Å². The molecule has 24 heavy (non-hydrogen) atoms. The lowest BCUT2D eigenvalue weighted by atomic mass is 9.98. The minimum atomic E-state index is -0.745. The van der Waals surface area contributed by atoms with Crippen LogP contribution in [0.15, 0.2) is 12.1 Å². The number of amides is 1. The molecule has 7 nitrogen and oxygen atoms in total. The SMILES string of the molecule is CCC(C)C(NC(=O)c1ccc(OC)c(OC)c1OC)C(=O)OC. The van der Waals surface area contributed by atoms with Gasteiger partial charge in [0.2, 0.25) is 5.75 Å². The molecule has 2 unspecified atom stereocenters. The normalized spacial score (nSPS) is 12.8. The van der Waals surface area contributed by atoms with E-state index in [0.717, 1.165) is 0 Å². The molecule has 0 bridgehead atoms. The maximum Gasteiger partial charge on any atom is 0.328 e. The fourth-order valence-electron chi connectivity index (χ4n) is 2.30. The molecule has 134 valence electrons. The standard InChI is InChI=1S/C17H25NO6/c1-7-10(2)13(17(20)24-6)18-16(19)11-8-9-12(21-3)15(23-5)14(11)22-4/h8-10,13H,7H2,1-6H3,(H,18,19). The van der Waals surface area contributed by atoms with Crippen molar-refractivity contribution in [3.8, 4) is 17.2 Å². The molecule has 0 spiro atoms. The summed E-state index contributed by atoms with van der Waals surface area (Å²) in [6.45, 7) is 3.80. The van der Waals surface area contributed by atoms with Gasteiger partial charge in [-0.2, -0.15) is 0 Å². The third-order valence-corrected chi connectivity index (χ3v) is 3.90. The van der Waals surface area contributed by atoms with Crippen molar-refractivity contribution in [2.75, 3.05) is 28.4 Å². The Morgan fingerprint density at radius 3 is 2.12 bits per heavy atom. The molecule has 7 heteroatoms. The molecule has 1 aromatic rings. The molecule has 0 aliphatic carbocycles. The molecule has 0 aliphatic heterocycles. The van der Waals surface area contributed by atoms with E-state index in [4.69, 9.17) is 18.9 Å². The molecule has 0 fully saturated rings. The van der Waals surface area contributed by atoms with Gasteiger partial charge in [-0.3, -0.25) is 4.79 Å². The molecule has 0 aliphatic rings. The minimum absolute atomic E-state index is 0.0764. The lowest BCUT2D eigenvalue weighted by Gasteiger charge is -2.23. The van der Waals surface area contributed by atoms with Gasteiger partial charge in [-0.15, -0.1) is 0 Å². The van der Waals surface area contributed by atoms with E-state index in [9.17, 15) is 9.59 Å². The monoisotopic (exact) mass is 339 g/mol. The Morgan fingerprint density at radius 2 is 1.67 bits per heavy atom. The summed E-state index contributed by atoms with van der Waals surface area (Å²) >= 11 is 0. The molecule has 1 rings (SSSR count). The van der Waals surface area contributed by atoms with Crippen LogP contribution in [0.5, 0.6) is 17.2 Å². The van der Waals surface area contributed by atoms with Gasteiger partial charge in [0.05, 0.1) is 34.0 Å². The topological polar surface area (TPSA) is 83.1 Å². The Labute approximate surface area is 142 Å². The van der Waals surface area contributed by atoms with Gasteiger partial charge in [0.25, 0.3) is 5.91 Å². The van der Waals surface area contributed by atoms with E-state index in [1.54, 1.807) is 12.1 Å². The average molecular weight is 339 g/mol. The van der Waals surface area contributed by atoms with Crippen LogP contribution in [0.25, 0.3) is 0 Å². The molecule has 1 amide bonds. The lowest BCUT2D eigenvalue weighted by molar-refractivity contribution is -0.144. The van der Waals surface area contributed by atoms with Crippen LogP contribution in [-0.2, 0) is 9.53 Å². The van der Waals surface area contributed by atoms with Gasteiger partial charge in [0.15, 0.2) is 11.5 Å². The highest BCUT2D eigenvalue weighted by molar-refractivity contribution is 6.00. The summed E-state index contributed by atoms with van der Waals surface area (Å²) in [5.74, 6) is -0.0292. The summed E-state index contributed by atoms with van der Waals surface area (Å²) in [5, 5.41) is 2.71. The Kier molecular flexibility index (Phi) is 7.35. The zero-order valence-electron chi connectivity index (χ0n) is 15.0. The highest BCUT2D eigenvalue weighted by Crippen LogP contribution is 2.39. The average Bonchev–Trinajstić information content (AvgIpc) is 2.62. The summed E-state index contributed by atoms with van der Waals surface area (Å²) in [7, 11) is 5.67. The first-order valence-electron chi connectivity index (χ1n) is 7.62. The predicted molar refractivity (Wildman–Crippen MR) is 88.8 cm³/mol. The number of carbonyl (C=O) groups is 2. The Balaban J connectivity index is 3.20. The van der Waals surface area contributed by atoms with E-state index in [0.29, 0.717) is 17.9 Å². The lowest BCUT2D eigenvalue weighted by Crippen LogP contribution is -2.45. The summed E-state index contributed by atoms with van der Waals surface area (Å²) in [4.78, 5) is 24.6. The van der Waals surface area contributed by atoms with Gasteiger partial charge in [0.1, 0.15) is 6.04 Å². The molecule has 1 aromatic carbocycles. The van der Waals surface area contributed by atoms with Crippen LogP contribution < -0.4 is 19.5 Å². The summed E-state index contributed by atoms with van der Waals surface area (Å²) < 4.78 is 20.5. The van der Waals surface area contributed by atoms with Gasteiger partial charge < -0.3 is 24.3 Å². The van der Waals surface area contributed by atoms with Crippen LogP contribution >= 0.6 is 0 Å². The highest BCUT2D eigenvalue weighted by atomic mass is 16.5. The number of rotatable bonds is 8. The number of carbonyl (C=O) groups excluding carboxylic acids is 2. The number of benzene rings is 1. The van der Waals surface area contributed by atoms with Crippen molar-refractivity contribution < 1.29 is 28.5 Å². The zero-order valence-corrected chi connectivity index (χ0v) is 15.0. The van der Waals surface area contributed by atoms with Crippen molar-refractivity contribution in [2.24, 2.45) is 5.92 Å². The molecular weight excluding hydrogens is 314 g/mol. The molecule has 0 aromatic heterocycles. The summed E-state index contributed by atoms with van der Waals surface area (Å²) in [5.41, 5.74) is 0.243. The Hall–Kier alpha value is -2.44. The van der Waals surface area contributed by atoms with Gasteiger partial charge in [0, 0.05) is 0 Å². The second kappa shape index (κ2) is 9.00. The van der Waals surface area contributed by atoms with Crippen molar-refractivity contribution in [1.82, 2.24) is 5.32 Å². The third kappa shape index (κ3) is 4.10. The molecule has 0 heterocycles.